The fourth-order valence-corrected chi connectivity index (χ4v) is 4.85. The summed E-state index contributed by atoms with van der Waals surface area (Å²) in [5.74, 6) is -4.13. The molecule has 1 aromatic carbocycles. The van der Waals surface area contributed by atoms with Crippen molar-refractivity contribution in [2.45, 2.75) is 44.5 Å². The quantitative estimate of drug-likeness (QED) is 0.275. The molecular weight excluding hydrogens is 473 g/mol. The van der Waals surface area contributed by atoms with Crippen molar-refractivity contribution in [2.75, 3.05) is 26.2 Å². The van der Waals surface area contributed by atoms with Gasteiger partial charge in [-0.25, -0.2) is 9.59 Å². The van der Waals surface area contributed by atoms with E-state index in [-0.39, 0.29) is 43.9 Å². The number of fused-ring (bicyclic) bond motifs is 1. The molecule has 4 N–H and O–H groups in total. The molecule has 3 aliphatic rings. The minimum Gasteiger partial charge on any atom is -0.535 e. The Morgan fingerprint density at radius 1 is 1.22 bits per heavy atom. The third-order valence-electron chi connectivity index (χ3n) is 7.26. The van der Waals surface area contributed by atoms with E-state index in [2.05, 4.69) is 5.32 Å². The number of carboxylic acid groups (broad SMARTS) is 1. The van der Waals surface area contributed by atoms with E-state index in [0.717, 1.165) is 4.90 Å². The van der Waals surface area contributed by atoms with Crippen molar-refractivity contribution in [1.29, 1.82) is 0 Å². The molecule has 1 aliphatic carbocycles. The third-order valence-corrected chi connectivity index (χ3v) is 7.26. The van der Waals surface area contributed by atoms with Gasteiger partial charge in [0.05, 0.1) is 18.2 Å². The molecule has 13 heteroatoms. The first-order chi connectivity index (χ1) is 17.1. The number of rotatable bonds is 8. The number of hydrogen-bond donors (Lipinski definition) is 4. The second-order valence-corrected chi connectivity index (χ2v) is 9.49. The first-order valence-electron chi connectivity index (χ1n) is 11.9. The zero-order chi connectivity index (χ0) is 26.2. The first kappa shape index (κ1) is 25.6. The van der Waals surface area contributed by atoms with Crippen molar-refractivity contribution in [3.8, 4) is 5.75 Å². The molecule has 0 bridgehead atoms. The second-order valence-electron chi connectivity index (χ2n) is 9.49. The first-order valence-corrected chi connectivity index (χ1v) is 11.9. The van der Waals surface area contributed by atoms with Crippen molar-refractivity contribution in [1.82, 2.24) is 15.1 Å². The summed E-state index contributed by atoms with van der Waals surface area (Å²) >= 11 is 0. The Bertz CT molecular complexity index is 1110. The van der Waals surface area contributed by atoms with Crippen LogP contribution in [0.5, 0.6) is 5.75 Å². The van der Waals surface area contributed by atoms with Gasteiger partial charge in [0.1, 0.15) is 5.75 Å². The molecule has 192 valence electrons. The number of nitrogens with one attached hydrogen (secondary N) is 1. The number of para-hydroxylation sites is 1. The Kier molecular flexibility index (Phi) is 7.05. The number of carbonyl (C=O) groups excluding carboxylic acids is 4. The van der Waals surface area contributed by atoms with Crippen LogP contribution in [0, 0.1) is 5.41 Å². The lowest BCUT2D eigenvalue weighted by Gasteiger charge is -2.34. The summed E-state index contributed by atoms with van der Waals surface area (Å²) in [6.45, 7) is 1.85. The molecule has 0 spiro atoms. The fraction of sp³-hybridized carbons (Fsp3) is 0.522. The van der Waals surface area contributed by atoms with Crippen LogP contribution in [0.1, 0.15) is 42.1 Å². The molecule has 4 rings (SSSR count). The largest absolute Gasteiger partial charge is 0.535 e. The molecule has 1 saturated carbocycles. The molecule has 2 aliphatic heterocycles. The Labute approximate surface area is 207 Å². The molecule has 4 amide bonds. The number of aromatic carboxylic acids is 1. The van der Waals surface area contributed by atoms with Crippen LogP contribution in [-0.4, -0.2) is 94.0 Å². The average molecular weight is 501 g/mol. The maximum atomic E-state index is 13.4. The Balaban J connectivity index is 1.49. The highest BCUT2D eigenvalue weighted by Gasteiger charge is 2.54. The topological polar surface area (TPSA) is 174 Å². The van der Waals surface area contributed by atoms with Gasteiger partial charge in [-0.05, 0) is 37.8 Å². The highest BCUT2D eigenvalue weighted by molar-refractivity contribution is 6.47. The van der Waals surface area contributed by atoms with Gasteiger partial charge in [-0.1, -0.05) is 12.1 Å². The number of urea groups is 1. The molecule has 12 nitrogen and oxygen atoms in total. The van der Waals surface area contributed by atoms with Gasteiger partial charge in [0.2, 0.25) is 0 Å². The van der Waals surface area contributed by atoms with Crippen LogP contribution in [0.15, 0.2) is 18.2 Å². The number of carbonyl (C=O) groups is 5. The molecule has 2 fully saturated rings. The minimum absolute atomic E-state index is 0.0187. The van der Waals surface area contributed by atoms with Crippen molar-refractivity contribution >= 4 is 36.7 Å². The highest BCUT2D eigenvalue weighted by Crippen LogP contribution is 2.49. The van der Waals surface area contributed by atoms with E-state index in [1.165, 1.54) is 11.0 Å². The molecule has 2 heterocycles. The van der Waals surface area contributed by atoms with Gasteiger partial charge in [0.25, 0.3) is 0 Å². The number of benzene rings is 1. The number of Topliss-reactive ketones (excluding diaryl/α,β-unsaturated/α-hetero) is 1. The second kappa shape index (κ2) is 9.90. The predicted molar refractivity (Wildman–Crippen MR) is 124 cm³/mol. The third kappa shape index (κ3) is 4.68. The van der Waals surface area contributed by atoms with Gasteiger partial charge in [0.15, 0.2) is 5.78 Å². The van der Waals surface area contributed by atoms with Crippen LogP contribution in [0.4, 0.5) is 4.79 Å². The van der Waals surface area contributed by atoms with Crippen LogP contribution >= 0.6 is 0 Å². The summed E-state index contributed by atoms with van der Waals surface area (Å²) in [7, 11) is -1.45. The smallest absolute Gasteiger partial charge is 0.526 e. The number of hydrogen-bond acceptors (Lipinski definition) is 8. The van der Waals surface area contributed by atoms with Crippen molar-refractivity contribution in [3.63, 3.8) is 0 Å². The molecule has 0 radical (unpaired) electrons. The van der Waals surface area contributed by atoms with E-state index in [1.54, 1.807) is 19.1 Å². The number of imide groups is 1. The highest BCUT2D eigenvalue weighted by atomic mass is 16.5. The Morgan fingerprint density at radius 2 is 1.94 bits per heavy atom. The normalized spacial score (nSPS) is 21.4. The number of nitrogens with zero attached hydrogens (tertiary/aromatic N) is 2. The Hall–Kier alpha value is -3.45. The molecule has 1 aromatic rings. The average Bonchev–Trinajstić information content (AvgIpc) is 3.65. The number of aliphatic hydroxyl groups excluding tert-OH is 1. The van der Waals surface area contributed by atoms with E-state index < -0.39 is 54.0 Å². The van der Waals surface area contributed by atoms with Gasteiger partial charge < -0.3 is 30.1 Å². The maximum absolute atomic E-state index is 13.4. The minimum atomic E-state index is -1.45. The van der Waals surface area contributed by atoms with E-state index in [0.29, 0.717) is 24.9 Å². The summed E-state index contributed by atoms with van der Waals surface area (Å²) in [6.07, 6.45) is 0.902. The zero-order valence-corrected chi connectivity index (χ0v) is 19.8. The SMILES string of the molecule is CCN1CCN(C(=O)N[C@H](C(=O)C[C@H]2Cc3cccc(C(=O)O)c3OB2O)C2(CO)CC2)C(=O)C1=O. The number of amides is 4. The standard InChI is InChI=1S/C23H28BN3O9/c1-2-26-8-9-27(20(31)19(26)30)22(34)25-18(23(12-28)6-7-23)16(29)11-14-10-13-4-3-5-15(21(32)33)17(13)36-24(14)35/h3-5,14,18,28,35H,2,6-12H2,1H3,(H,25,34)(H,32,33)/t14-,18-/m1/s1. The molecule has 36 heavy (non-hydrogen) atoms. The summed E-state index contributed by atoms with van der Waals surface area (Å²) in [5.41, 5.74) is -0.458. The molecule has 0 aromatic heterocycles. The van der Waals surface area contributed by atoms with Gasteiger partial charge in [-0.3, -0.25) is 19.3 Å². The van der Waals surface area contributed by atoms with Crippen molar-refractivity contribution in [2.24, 2.45) is 5.41 Å². The maximum Gasteiger partial charge on any atom is 0.526 e. The lowest BCUT2D eigenvalue weighted by molar-refractivity contribution is -0.153. The van der Waals surface area contributed by atoms with Crippen molar-refractivity contribution in [3.05, 3.63) is 29.3 Å². The molecule has 2 atom stereocenters. The monoisotopic (exact) mass is 501 g/mol. The Morgan fingerprint density at radius 3 is 2.56 bits per heavy atom. The predicted octanol–water partition coefficient (Wildman–Crippen LogP) is -0.329. The fourth-order valence-electron chi connectivity index (χ4n) is 4.85. The molecular formula is C23H28BN3O9. The van der Waals surface area contributed by atoms with Crippen LogP contribution in [0.25, 0.3) is 0 Å². The van der Waals surface area contributed by atoms with Gasteiger partial charge in [-0.15, -0.1) is 0 Å². The van der Waals surface area contributed by atoms with E-state index in [9.17, 15) is 39.2 Å². The summed E-state index contributed by atoms with van der Waals surface area (Å²) in [5, 5.41) is 32.4. The number of ketones is 1. The lowest BCUT2D eigenvalue weighted by Crippen LogP contribution is -2.61. The van der Waals surface area contributed by atoms with Crippen molar-refractivity contribution < 1.29 is 43.9 Å². The van der Waals surface area contributed by atoms with Crippen LogP contribution in [0.2, 0.25) is 5.82 Å². The van der Waals surface area contributed by atoms with E-state index >= 15 is 0 Å². The summed E-state index contributed by atoms with van der Waals surface area (Å²) in [4.78, 5) is 64.5. The molecule has 0 unspecified atom stereocenters. The summed E-state index contributed by atoms with van der Waals surface area (Å²) < 4.78 is 5.46. The number of likely N-dealkylation sites (N-methyl/N-ethyl adjacent to an activating group) is 1. The van der Waals surface area contributed by atoms with E-state index in [1.807, 2.05) is 0 Å². The zero-order valence-electron chi connectivity index (χ0n) is 19.8. The van der Waals surface area contributed by atoms with Crippen LogP contribution in [0.3, 0.4) is 0 Å². The summed E-state index contributed by atoms with van der Waals surface area (Å²) in [6, 6.07) is 2.53. The number of aliphatic hydroxyl groups is 1. The number of piperazine rings is 1. The van der Waals surface area contributed by atoms with Gasteiger partial charge in [0, 0.05) is 37.3 Å². The molecule has 1 saturated heterocycles. The number of carboxylic acids is 1. The van der Waals surface area contributed by atoms with Crippen LogP contribution in [-0.2, 0) is 20.8 Å². The lowest BCUT2D eigenvalue weighted by atomic mass is 9.63. The van der Waals surface area contributed by atoms with Gasteiger partial charge >= 0.3 is 30.9 Å². The van der Waals surface area contributed by atoms with E-state index in [4.69, 9.17) is 4.65 Å². The van der Waals surface area contributed by atoms with Gasteiger partial charge in [-0.2, -0.15) is 0 Å². The van der Waals surface area contributed by atoms with Crippen LogP contribution < -0.4 is 9.97 Å².